The molecular weight excluding hydrogens is 255 g/mol. The van der Waals surface area contributed by atoms with Crippen molar-refractivity contribution in [2.45, 2.75) is 51.1 Å². The average molecular weight is 273 g/mol. The molecule has 0 spiro atoms. The predicted octanol–water partition coefficient (Wildman–Crippen LogP) is 3.63. The van der Waals surface area contributed by atoms with E-state index in [4.69, 9.17) is 5.73 Å². The zero-order valence-corrected chi connectivity index (χ0v) is 10.7. The smallest absolute Gasteiger partial charge is 0.366 e. The molecule has 0 aromatic carbocycles. The Balaban J connectivity index is 2.37. The van der Waals surface area contributed by atoms with Gasteiger partial charge in [-0.2, -0.15) is 13.2 Å². The third-order valence-corrected chi connectivity index (χ3v) is 4.05. The van der Waals surface area contributed by atoms with Crippen LogP contribution in [0.1, 0.15) is 44.9 Å². The summed E-state index contributed by atoms with van der Waals surface area (Å²) in [7, 11) is 0. The van der Waals surface area contributed by atoms with Gasteiger partial charge >= 0.3 is 6.18 Å². The van der Waals surface area contributed by atoms with Crippen molar-refractivity contribution in [1.29, 1.82) is 0 Å². The second kappa shape index (κ2) is 5.39. The van der Waals surface area contributed by atoms with E-state index in [9.17, 15) is 18.0 Å². The van der Waals surface area contributed by atoms with Crippen molar-refractivity contribution in [3.05, 3.63) is 22.8 Å². The van der Waals surface area contributed by atoms with Crippen LogP contribution in [0, 0.1) is 5.92 Å². The Bertz CT molecular complexity index is 428. The van der Waals surface area contributed by atoms with Crippen molar-refractivity contribution in [2.75, 3.05) is 0 Å². The molecule has 2 rings (SSSR count). The van der Waals surface area contributed by atoms with Crippen LogP contribution in [0.3, 0.4) is 0 Å². The fraction of sp³-hybridized carbons (Fsp3) is 0.643. The number of allylic oxidation sites excluding steroid dienone is 3. The number of hydrogen-bond acceptors (Lipinski definition) is 1. The quantitative estimate of drug-likeness (QED) is 0.820. The number of alkyl halides is 3. The van der Waals surface area contributed by atoms with E-state index >= 15 is 0 Å². The molecule has 0 aromatic rings. The van der Waals surface area contributed by atoms with Crippen LogP contribution in [0.15, 0.2) is 22.8 Å². The van der Waals surface area contributed by atoms with Gasteiger partial charge in [-0.25, -0.2) is 0 Å². The Hall–Kier alpha value is -1.26. The summed E-state index contributed by atoms with van der Waals surface area (Å²) in [6.07, 6.45) is 1.97. The zero-order chi connectivity index (χ0) is 14.0. The van der Waals surface area contributed by atoms with Gasteiger partial charge in [0.15, 0.2) is 0 Å². The van der Waals surface area contributed by atoms with Crippen molar-refractivity contribution in [1.82, 2.24) is 0 Å². The summed E-state index contributed by atoms with van der Waals surface area (Å²) in [4.78, 5) is 11.1. The van der Waals surface area contributed by atoms with Crippen LogP contribution in [0.5, 0.6) is 0 Å². The van der Waals surface area contributed by atoms with E-state index in [-0.39, 0.29) is 11.5 Å². The summed E-state index contributed by atoms with van der Waals surface area (Å²) in [6, 6.07) is 0. The Labute approximate surface area is 110 Å². The molecule has 0 unspecified atom stereocenters. The standard InChI is InChI=1S/C14H18F3NO/c15-14(16,17)12-8-10(13(18)19)6-7-11(12)9-4-2-1-3-5-9/h8-9H,1-7H2,(H2,18,19). The number of amides is 1. The molecular formula is C14H18F3NO. The van der Waals surface area contributed by atoms with E-state index in [0.29, 0.717) is 18.4 Å². The van der Waals surface area contributed by atoms with E-state index in [0.717, 1.165) is 38.2 Å². The topological polar surface area (TPSA) is 43.1 Å². The molecule has 1 amide bonds. The van der Waals surface area contributed by atoms with Gasteiger partial charge in [-0.3, -0.25) is 4.79 Å². The molecule has 2 aliphatic carbocycles. The summed E-state index contributed by atoms with van der Waals surface area (Å²) in [5, 5.41) is 0. The number of halogens is 3. The highest BCUT2D eigenvalue weighted by Crippen LogP contribution is 2.42. The van der Waals surface area contributed by atoms with Gasteiger partial charge in [0.25, 0.3) is 0 Å². The van der Waals surface area contributed by atoms with Crippen molar-refractivity contribution in [3.63, 3.8) is 0 Å². The Morgan fingerprint density at radius 2 is 1.79 bits per heavy atom. The van der Waals surface area contributed by atoms with Crippen LogP contribution in [-0.2, 0) is 4.79 Å². The van der Waals surface area contributed by atoms with E-state index in [1.54, 1.807) is 0 Å². The van der Waals surface area contributed by atoms with Crippen LogP contribution in [0.4, 0.5) is 13.2 Å². The normalized spacial score (nSPS) is 22.4. The third kappa shape index (κ3) is 3.19. The van der Waals surface area contributed by atoms with Crippen LogP contribution < -0.4 is 5.73 Å². The number of nitrogens with two attached hydrogens (primary N) is 1. The first-order valence-corrected chi connectivity index (χ1v) is 6.70. The second-order valence-electron chi connectivity index (χ2n) is 5.31. The highest BCUT2D eigenvalue weighted by molar-refractivity contribution is 5.92. The Morgan fingerprint density at radius 3 is 2.32 bits per heavy atom. The maximum absolute atomic E-state index is 13.1. The molecule has 1 fully saturated rings. The molecule has 0 saturated heterocycles. The van der Waals surface area contributed by atoms with Gasteiger partial charge in [0, 0.05) is 5.57 Å². The van der Waals surface area contributed by atoms with Gasteiger partial charge in [-0.15, -0.1) is 0 Å². The Morgan fingerprint density at radius 1 is 1.16 bits per heavy atom. The molecule has 0 aliphatic heterocycles. The minimum Gasteiger partial charge on any atom is -0.366 e. The minimum atomic E-state index is -4.39. The van der Waals surface area contributed by atoms with Gasteiger partial charge in [0.1, 0.15) is 0 Å². The number of primary amides is 1. The molecule has 5 heteroatoms. The first kappa shape index (κ1) is 14.2. The van der Waals surface area contributed by atoms with Gasteiger partial charge in [0.05, 0.1) is 5.57 Å². The number of hydrogen-bond donors (Lipinski definition) is 1. The molecule has 0 heterocycles. The lowest BCUT2D eigenvalue weighted by Crippen LogP contribution is -2.24. The third-order valence-electron chi connectivity index (χ3n) is 4.05. The van der Waals surface area contributed by atoms with Gasteiger partial charge in [0.2, 0.25) is 5.91 Å². The van der Waals surface area contributed by atoms with E-state index in [1.807, 2.05) is 0 Å². The molecule has 0 atom stereocenters. The molecule has 106 valence electrons. The average Bonchev–Trinajstić information content (AvgIpc) is 2.38. The highest BCUT2D eigenvalue weighted by atomic mass is 19.4. The van der Waals surface area contributed by atoms with Gasteiger partial charge in [-0.05, 0) is 37.7 Å². The van der Waals surface area contributed by atoms with E-state index in [1.165, 1.54) is 0 Å². The lowest BCUT2D eigenvalue weighted by Gasteiger charge is -2.30. The summed E-state index contributed by atoms with van der Waals surface area (Å²) >= 11 is 0. The largest absolute Gasteiger partial charge is 0.416 e. The molecule has 0 radical (unpaired) electrons. The highest BCUT2D eigenvalue weighted by Gasteiger charge is 2.38. The summed E-state index contributed by atoms with van der Waals surface area (Å²) in [5.74, 6) is -0.722. The van der Waals surface area contributed by atoms with Gasteiger partial charge < -0.3 is 5.73 Å². The van der Waals surface area contributed by atoms with E-state index < -0.39 is 17.7 Å². The maximum atomic E-state index is 13.1. The summed E-state index contributed by atoms with van der Waals surface area (Å²) in [5.41, 5.74) is 5.05. The van der Waals surface area contributed by atoms with Crippen LogP contribution in [-0.4, -0.2) is 12.1 Å². The van der Waals surface area contributed by atoms with Gasteiger partial charge in [-0.1, -0.05) is 24.8 Å². The molecule has 2 aliphatic rings. The fourth-order valence-corrected chi connectivity index (χ4v) is 3.08. The molecule has 2 N–H and O–H groups in total. The van der Waals surface area contributed by atoms with Crippen molar-refractivity contribution in [2.24, 2.45) is 11.7 Å². The first-order valence-electron chi connectivity index (χ1n) is 6.70. The van der Waals surface area contributed by atoms with Crippen molar-refractivity contribution < 1.29 is 18.0 Å². The summed E-state index contributed by atoms with van der Waals surface area (Å²) < 4.78 is 39.4. The molecule has 19 heavy (non-hydrogen) atoms. The van der Waals surface area contributed by atoms with E-state index in [2.05, 4.69) is 0 Å². The second-order valence-corrected chi connectivity index (χ2v) is 5.31. The lowest BCUT2D eigenvalue weighted by molar-refractivity contribution is -0.114. The molecule has 0 aromatic heterocycles. The first-order chi connectivity index (χ1) is 8.89. The van der Waals surface area contributed by atoms with Crippen LogP contribution in [0.2, 0.25) is 0 Å². The fourth-order valence-electron chi connectivity index (χ4n) is 3.08. The Kier molecular flexibility index (Phi) is 4.02. The molecule has 0 bridgehead atoms. The monoisotopic (exact) mass is 273 g/mol. The number of carbonyl (C=O) groups excluding carboxylic acids is 1. The zero-order valence-electron chi connectivity index (χ0n) is 10.7. The molecule has 2 nitrogen and oxygen atoms in total. The number of carbonyl (C=O) groups is 1. The molecule has 1 saturated carbocycles. The number of rotatable bonds is 2. The van der Waals surface area contributed by atoms with Crippen molar-refractivity contribution >= 4 is 5.91 Å². The van der Waals surface area contributed by atoms with Crippen LogP contribution >= 0.6 is 0 Å². The lowest BCUT2D eigenvalue weighted by atomic mass is 9.77. The van der Waals surface area contributed by atoms with Crippen LogP contribution in [0.25, 0.3) is 0 Å². The summed E-state index contributed by atoms with van der Waals surface area (Å²) in [6.45, 7) is 0. The minimum absolute atomic E-state index is 0.0241. The van der Waals surface area contributed by atoms with Crippen molar-refractivity contribution in [3.8, 4) is 0 Å². The predicted molar refractivity (Wildman–Crippen MR) is 66.2 cm³/mol. The maximum Gasteiger partial charge on any atom is 0.416 e. The SMILES string of the molecule is NC(=O)C1=CC(C(F)(F)F)=C(C2CCCCC2)CC1.